The average Bonchev–Trinajstić information content (AvgIpc) is 3.20. The molecule has 1 amide bonds. The van der Waals surface area contributed by atoms with Crippen LogP contribution in [0.15, 0.2) is 18.3 Å². The molecule has 0 unspecified atom stereocenters. The van der Waals surface area contributed by atoms with Gasteiger partial charge in [-0.15, -0.1) is 0 Å². The minimum atomic E-state index is 0.268. The van der Waals surface area contributed by atoms with E-state index in [1.165, 1.54) is 18.4 Å². The Morgan fingerprint density at radius 3 is 2.62 bits per heavy atom. The predicted molar refractivity (Wildman–Crippen MR) is 100 cm³/mol. The van der Waals surface area contributed by atoms with Crippen LogP contribution >= 0.6 is 0 Å². The van der Waals surface area contributed by atoms with E-state index >= 15 is 0 Å². The van der Waals surface area contributed by atoms with Crippen molar-refractivity contribution >= 4 is 5.91 Å². The van der Waals surface area contributed by atoms with Gasteiger partial charge in [-0.25, -0.2) is 0 Å². The lowest BCUT2D eigenvalue weighted by atomic mass is 9.88. The van der Waals surface area contributed by atoms with Crippen molar-refractivity contribution in [2.45, 2.75) is 46.2 Å². The van der Waals surface area contributed by atoms with Crippen LogP contribution in [0.25, 0.3) is 0 Å². The fraction of sp³-hybridized carbons (Fsp3) is 0.714. The number of allylic oxidation sites excluding steroid dienone is 2. The molecule has 0 radical (unpaired) electrons. The van der Waals surface area contributed by atoms with Crippen molar-refractivity contribution in [3.05, 3.63) is 29.6 Å². The molecule has 0 N–H and O–H groups in total. The standard InChI is InChI=1S/C21H30N4O/c1-3-25-14-16(15(2)22-25)13-23-8-10-24(11-9-23)20(26)18-12-17-4-5-19(18)21(17)6-7-21/h4-5,14,17-19H,3,6-13H2,1-2H3/t17-,18-,19-/m1/s1. The summed E-state index contributed by atoms with van der Waals surface area (Å²) in [4.78, 5) is 17.7. The summed E-state index contributed by atoms with van der Waals surface area (Å²) in [6.45, 7) is 9.80. The van der Waals surface area contributed by atoms with E-state index in [4.69, 9.17) is 0 Å². The van der Waals surface area contributed by atoms with Gasteiger partial charge in [-0.1, -0.05) is 12.2 Å². The molecule has 3 fully saturated rings. The van der Waals surface area contributed by atoms with Crippen LogP contribution in [-0.2, 0) is 17.9 Å². The highest BCUT2D eigenvalue weighted by atomic mass is 16.2. The Hall–Kier alpha value is -1.62. The van der Waals surface area contributed by atoms with Crippen molar-refractivity contribution < 1.29 is 4.79 Å². The van der Waals surface area contributed by atoms with E-state index in [1.807, 2.05) is 4.68 Å². The number of piperazine rings is 1. The van der Waals surface area contributed by atoms with Crippen LogP contribution in [0.5, 0.6) is 0 Å². The Morgan fingerprint density at radius 2 is 2.00 bits per heavy atom. The molecule has 4 aliphatic rings. The summed E-state index contributed by atoms with van der Waals surface area (Å²) in [5.41, 5.74) is 2.97. The summed E-state index contributed by atoms with van der Waals surface area (Å²) in [6.07, 6.45) is 10.7. The van der Waals surface area contributed by atoms with Gasteiger partial charge < -0.3 is 4.90 Å². The molecule has 1 spiro atoms. The molecule has 0 aromatic carbocycles. The molecule has 5 nitrogen and oxygen atoms in total. The zero-order valence-corrected chi connectivity index (χ0v) is 16.0. The van der Waals surface area contributed by atoms with E-state index in [9.17, 15) is 4.79 Å². The largest absolute Gasteiger partial charge is 0.340 e. The topological polar surface area (TPSA) is 41.4 Å². The monoisotopic (exact) mass is 354 g/mol. The van der Waals surface area contributed by atoms with Crippen LogP contribution < -0.4 is 0 Å². The molecule has 5 rings (SSSR count). The number of rotatable bonds is 4. The highest BCUT2D eigenvalue weighted by Gasteiger charge is 2.64. The number of nitrogens with zero attached hydrogens (tertiary/aromatic N) is 4. The Bertz CT molecular complexity index is 739. The lowest BCUT2D eigenvalue weighted by molar-refractivity contribution is -0.138. The van der Waals surface area contributed by atoms with Crippen LogP contribution in [0.3, 0.4) is 0 Å². The Kier molecular flexibility index (Phi) is 3.78. The maximum atomic E-state index is 13.1. The molecule has 2 saturated carbocycles. The first-order chi connectivity index (χ1) is 12.6. The number of hydrogen-bond acceptors (Lipinski definition) is 3. The highest BCUT2D eigenvalue weighted by molar-refractivity contribution is 5.80. The van der Waals surface area contributed by atoms with Gasteiger partial charge in [0.15, 0.2) is 0 Å². The van der Waals surface area contributed by atoms with E-state index < -0.39 is 0 Å². The summed E-state index contributed by atoms with van der Waals surface area (Å²) in [7, 11) is 0. The molecule has 2 heterocycles. The number of hydrogen-bond donors (Lipinski definition) is 0. The Morgan fingerprint density at radius 1 is 1.23 bits per heavy atom. The van der Waals surface area contributed by atoms with E-state index in [0.717, 1.165) is 51.4 Å². The lowest BCUT2D eigenvalue weighted by Gasteiger charge is -2.37. The lowest BCUT2D eigenvalue weighted by Crippen LogP contribution is -2.50. The van der Waals surface area contributed by atoms with Gasteiger partial charge in [0.25, 0.3) is 0 Å². The summed E-state index contributed by atoms with van der Waals surface area (Å²) < 4.78 is 2.01. The molecular formula is C21H30N4O. The van der Waals surface area contributed by atoms with Gasteiger partial charge in [0.1, 0.15) is 0 Å². The first-order valence-electron chi connectivity index (χ1n) is 10.3. The van der Waals surface area contributed by atoms with E-state index in [-0.39, 0.29) is 5.92 Å². The number of aromatic nitrogens is 2. The molecule has 1 aromatic heterocycles. The molecule has 1 saturated heterocycles. The number of carbonyl (C=O) groups excluding carboxylic acids is 1. The molecule has 1 aromatic rings. The van der Waals surface area contributed by atoms with Gasteiger partial charge >= 0.3 is 0 Å². The minimum Gasteiger partial charge on any atom is -0.340 e. The van der Waals surface area contributed by atoms with E-state index in [1.54, 1.807) is 0 Å². The number of amides is 1. The van der Waals surface area contributed by atoms with Gasteiger partial charge in [0, 0.05) is 56.9 Å². The third-order valence-electron chi connectivity index (χ3n) is 7.49. The van der Waals surface area contributed by atoms with Crippen molar-refractivity contribution in [3.63, 3.8) is 0 Å². The molecule has 5 heteroatoms. The first-order valence-corrected chi connectivity index (χ1v) is 10.3. The molecule has 1 aliphatic heterocycles. The smallest absolute Gasteiger partial charge is 0.226 e. The second-order valence-electron chi connectivity index (χ2n) is 8.79. The second-order valence-corrected chi connectivity index (χ2v) is 8.79. The van der Waals surface area contributed by atoms with Gasteiger partial charge in [0.05, 0.1) is 5.69 Å². The highest BCUT2D eigenvalue weighted by Crippen LogP contribution is 2.70. The minimum absolute atomic E-state index is 0.268. The average molecular weight is 354 g/mol. The van der Waals surface area contributed by atoms with Crippen molar-refractivity contribution in [2.24, 2.45) is 23.2 Å². The third-order valence-corrected chi connectivity index (χ3v) is 7.49. The van der Waals surface area contributed by atoms with Gasteiger partial charge in [-0.05, 0) is 50.4 Å². The zero-order valence-electron chi connectivity index (χ0n) is 16.0. The van der Waals surface area contributed by atoms with E-state index in [0.29, 0.717) is 23.2 Å². The molecule has 2 bridgehead atoms. The molecule has 3 atom stereocenters. The Balaban J connectivity index is 1.18. The fourth-order valence-electron chi connectivity index (χ4n) is 5.73. The number of aryl methyl sites for hydroxylation is 2. The summed E-state index contributed by atoms with van der Waals surface area (Å²) in [5, 5.41) is 4.55. The second kappa shape index (κ2) is 5.95. The predicted octanol–water partition coefficient (Wildman–Crippen LogP) is 2.46. The van der Waals surface area contributed by atoms with Crippen molar-refractivity contribution in [1.82, 2.24) is 19.6 Å². The van der Waals surface area contributed by atoms with Gasteiger partial charge in [0.2, 0.25) is 5.91 Å². The van der Waals surface area contributed by atoms with Crippen LogP contribution in [0, 0.1) is 30.1 Å². The van der Waals surface area contributed by atoms with Crippen molar-refractivity contribution in [1.29, 1.82) is 0 Å². The van der Waals surface area contributed by atoms with Gasteiger partial charge in [-0.3, -0.25) is 14.4 Å². The van der Waals surface area contributed by atoms with Crippen LogP contribution in [0.1, 0.15) is 37.4 Å². The molecular weight excluding hydrogens is 324 g/mol. The van der Waals surface area contributed by atoms with Crippen LogP contribution in [-0.4, -0.2) is 51.7 Å². The molecule has 140 valence electrons. The number of carbonyl (C=O) groups is 1. The molecule has 26 heavy (non-hydrogen) atoms. The maximum Gasteiger partial charge on any atom is 0.226 e. The van der Waals surface area contributed by atoms with E-state index in [2.05, 4.69) is 47.1 Å². The third kappa shape index (κ3) is 2.47. The van der Waals surface area contributed by atoms with Crippen LogP contribution in [0.2, 0.25) is 0 Å². The quantitative estimate of drug-likeness (QED) is 0.780. The zero-order chi connectivity index (χ0) is 17.9. The summed E-state index contributed by atoms with van der Waals surface area (Å²) in [6, 6.07) is 0. The van der Waals surface area contributed by atoms with Crippen LogP contribution in [0.4, 0.5) is 0 Å². The fourth-order valence-corrected chi connectivity index (χ4v) is 5.73. The Labute approximate surface area is 156 Å². The van der Waals surface area contributed by atoms with Gasteiger partial charge in [-0.2, -0.15) is 5.10 Å². The normalized spacial score (nSPS) is 31.9. The SMILES string of the molecule is CCn1cc(CN2CCN(C(=O)[C@@H]3C[C@H]4C=C[C@H]3C43CC3)CC2)c(C)n1. The molecule has 3 aliphatic carbocycles. The summed E-state index contributed by atoms with van der Waals surface area (Å²) >= 11 is 0. The van der Waals surface area contributed by atoms with Crippen molar-refractivity contribution in [2.75, 3.05) is 26.2 Å². The summed E-state index contributed by atoms with van der Waals surface area (Å²) in [5.74, 6) is 1.94. The first kappa shape index (κ1) is 16.5. The maximum absolute atomic E-state index is 13.1. The van der Waals surface area contributed by atoms with Crippen molar-refractivity contribution in [3.8, 4) is 0 Å².